The van der Waals surface area contributed by atoms with Crippen molar-refractivity contribution in [2.24, 2.45) is 5.73 Å². The predicted molar refractivity (Wildman–Crippen MR) is 80.1 cm³/mol. The molecule has 2 atom stereocenters. The van der Waals surface area contributed by atoms with Crippen LogP contribution in [0.1, 0.15) is 50.7 Å². The van der Waals surface area contributed by atoms with Gasteiger partial charge in [0.1, 0.15) is 0 Å². The second-order valence-electron chi connectivity index (χ2n) is 5.32. The molecule has 0 saturated heterocycles. The zero-order chi connectivity index (χ0) is 14.3. The summed E-state index contributed by atoms with van der Waals surface area (Å²) in [6.45, 7) is 6.85. The monoisotopic (exact) mass is 262 g/mol. The van der Waals surface area contributed by atoms with Crippen molar-refractivity contribution in [3.8, 4) is 0 Å². The molecule has 0 aromatic heterocycles. The number of aryl methyl sites for hydroxylation is 1. The van der Waals surface area contributed by atoms with Gasteiger partial charge in [-0.3, -0.25) is 4.79 Å². The van der Waals surface area contributed by atoms with E-state index in [1.165, 1.54) is 11.1 Å². The van der Waals surface area contributed by atoms with Gasteiger partial charge in [0.2, 0.25) is 5.91 Å². The highest BCUT2D eigenvalue weighted by molar-refractivity contribution is 5.76. The van der Waals surface area contributed by atoms with E-state index in [0.717, 1.165) is 12.8 Å². The number of benzene rings is 1. The van der Waals surface area contributed by atoms with Crippen LogP contribution >= 0.6 is 0 Å². The van der Waals surface area contributed by atoms with E-state index in [2.05, 4.69) is 43.4 Å². The van der Waals surface area contributed by atoms with Crippen molar-refractivity contribution in [3.63, 3.8) is 0 Å². The molecule has 2 unspecified atom stereocenters. The third kappa shape index (κ3) is 5.88. The molecular weight excluding hydrogens is 236 g/mol. The first-order valence-corrected chi connectivity index (χ1v) is 7.14. The SMILES string of the molecule is CCc1ccc(C(C)CC(=O)NCCC(C)N)cc1. The fraction of sp³-hybridized carbons (Fsp3) is 0.562. The van der Waals surface area contributed by atoms with Gasteiger partial charge in [0, 0.05) is 19.0 Å². The Kier molecular flexibility index (Phi) is 6.57. The van der Waals surface area contributed by atoms with Gasteiger partial charge in [0.15, 0.2) is 0 Å². The summed E-state index contributed by atoms with van der Waals surface area (Å²) in [4.78, 5) is 11.8. The van der Waals surface area contributed by atoms with Gasteiger partial charge in [-0.05, 0) is 36.8 Å². The quantitative estimate of drug-likeness (QED) is 0.793. The van der Waals surface area contributed by atoms with E-state index in [1.54, 1.807) is 0 Å². The van der Waals surface area contributed by atoms with E-state index in [9.17, 15) is 4.79 Å². The molecule has 19 heavy (non-hydrogen) atoms. The van der Waals surface area contributed by atoms with E-state index < -0.39 is 0 Å². The normalized spacial score (nSPS) is 13.9. The molecule has 0 bridgehead atoms. The van der Waals surface area contributed by atoms with Crippen LogP contribution in [0.4, 0.5) is 0 Å². The standard InChI is InChI=1S/C16H26N2O/c1-4-14-5-7-15(8-6-14)12(2)11-16(19)18-10-9-13(3)17/h5-8,12-13H,4,9-11,17H2,1-3H3,(H,18,19). The minimum atomic E-state index is 0.104. The largest absolute Gasteiger partial charge is 0.356 e. The minimum Gasteiger partial charge on any atom is -0.356 e. The molecule has 3 heteroatoms. The Morgan fingerprint density at radius 3 is 2.42 bits per heavy atom. The molecule has 0 saturated carbocycles. The summed E-state index contributed by atoms with van der Waals surface area (Å²) in [6, 6.07) is 8.66. The van der Waals surface area contributed by atoms with Crippen LogP contribution in [0.5, 0.6) is 0 Å². The van der Waals surface area contributed by atoms with Gasteiger partial charge in [-0.2, -0.15) is 0 Å². The summed E-state index contributed by atoms with van der Waals surface area (Å²) in [5.74, 6) is 0.355. The van der Waals surface area contributed by atoms with Crippen LogP contribution in [0.2, 0.25) is 0 Å². The van der Waals surface area contributed by atoms with Crippen LogP contribution in [0.15, 0.2) is 24.3 Å². The maximum Gasteiger partial charge on any atom is 0.220 e. The van der Waals surface area contributed by atoms with E-state index in [1.807, 2.05) is 6.92 Å². The smallest absolute Gasteiger partial charge is 0.220 e. The number of carbonyl (C=O) groups is 1. The summed E-state index contributed by atoms with van der Waals surface area (Å²) >= 11 is 0. The van der Waals surface area contributed by atoms with Crippen LogP contribution in [0.3, 0.4) is 0 Å². The Morgan fingerprint density at radius 1 is 1.26 bits per heavy atom. The summed E-state index contributed by atoms with van der Waals surface area (Å²) < 4.78 is 0. The van der Waals surface area contributed by atoms with E-state index in [4.69, 9.17) is 5.73 Å². The average Bonchev–Trinajstić information content (AvgIpc) is 2.38. The minimum absolute atomic E-state index is 0.104. The molecule has 0 aliphatic rings. The van der Waals surface area contributed by atoms with Gasteiger partial charge in [-0.25, -0.2) is 0 Å². The molecule has 0 aliphatic carbocycles. The van der Waals surface area contributed by atoms with Gasteiger partial charge in [-0.1, -0.05) is 38.1 Å². The third-order valence-corrected chi connectivity index (χ3v) is 3.37. The fourth-order valence-electron chi connectivity index (χ4n) is 1.99. The molecule has 1 aromatic rings. The zero-order valence-electron chi connectivity index (χ0n) is 12.3. The highest BCUT2D eigenvalue weighted by Gasteiger charge is 2.11. The Hall–Kier alpha value is -1.35. The third-order valence-electron chi connectivity index (χ3n) is 3.37. The van der Waals surface area contributed by atoms with Crippen LogP contribution in [0, 0.1) is 0 Å². The molecule has 3 N–H and O–H groups in total. The van der Waals surface area contributed by atoms with Crippen molar-refractivity contribution in [2.75, 3.05) is 6.54 Å². The molecular formula is C16H26N2O. The number of rotatable bonds is 7. The topological polar surface area (TPSA) is 55.1 Å². The first-order chi connectivity index (χ1) is 9.02. The lowest BCUT2D eigenvalue weighted by molar-refractivity contribution is -0.121. The van der Waals surface area contributed by atoms with Gasteiger partial charge in [0.25, 0.3) is 0 Å². The molecule has 1 amide bonds. The molecule has 3 nitrogen and oxygen atoms in total. The molecule has 0 heterocycles. The second-order valence-corrected chi connectivity index (χ2v) is 5.32. The fourth-order valence-corrected chi connectivity index (χ4v) is 1.99. The Morgan fingerprint density at radius 2 is 1.89 bits per heavy atom. The maximum atomic E-state index is 11.8. The number of hydrogen-bond acceptors (Lipinski definition) is 2. The molecule has 1 aromatic carbocycles. The zero-order valence-corrected chi connectivity index (χ0v) is 12.3. The molecule has 0 radical (unpaired) electrons. The number of nitrogens with two attached hydrogens (primary N) is 1. The summed E-state index contributed by atoms with van der Waals surface area (Å²) in [6.07, 6.45) is 2.40. The summed E-state index contributed by atoms with van der Waals surface area (Å²) in [7, 11) is 0. The van der Waals surface area contributed by atoms with E-state index >= 15 is 0 Å². The Bertz CT molecular complexity index is 384. The van der Waals surface area contributed by atoms with Crippen molar-refractivity contribution in [1.29, 1.82) is 0 Å². The van der Waals surface area contributed by atoms with Crippen molar-refractivity contribution >= 4 is 5.91 Å². The van der Waals surface area contributed by atoms with Crippen LogP contribution in [-0.4, -0.2) is 18.5 Å². The van der Waals surface area contributed by atoms with Gasteiger partial charge in [-0.15, -0.1) is 0 Å². The summed E-state index contributed by atoms with van der Waals surface area (Å²) in [5.41, 5.74) is 8.20. The number of nitrogens with one attached hydrogen (secondary N) is 1. The molecule has 0 spiro atoms. The first kappa shape index (κ1) is 15.7. The number of amides is 1. The maximum absolute atomic E-state index is 11.8. The van der Waals surface area contributed by atoms with Gasteiger partial charge < -0.3 is 11.1 Å². The lowest BCUT2D eigenvalue weighted by Crippen LogP contribution is -2.29. The van der Waals surface area contributed by atoms with Crippen molar-refractivity contribution in [1.82, 2.24) is 5.32 Å². The van der Waals surface area contributed by atoms with Crippen molar-refractivity contribution < 1.29 is 4.79 Å². The lowest BCUT2D eigenvalue weighted by atomic mass is 9.96. The van der Waals surface area contributed by atoms with Gasteiger partial charge >= 0.3 is 0 Å². The van der Waals surface area contributed by atoms with Crippen LogP contribution in [-0.2, 0) is 11.2 Å². The number of hydrogen-bond donors (Lipinski definition) is 2. The molecule has 0 fully saturated rings. The second kappa shape index (κ2) is 7.95. The average molecular weight is 262 g/mol. The highest BCUT2D eigenvalue weighted by Crippen LogP contribution is 2.19. The molecule has 1 rings (SSSR count). The van der Waals surface area contributed by atoms with Crippen molar-refractivity contribution in [3.05, 3.63) is 35.4 Å². The Balaban J connectivity index is 2.40. The molecule has 106 valence electrons. The van der Waals surface area contributed by atoms with Crippen LogP contribution in [0.25, 0.3) is 0 Å². The van der Waals surface area contributed by atoms with E-state index in [-0.39, 0.29) is 17.9 Å². The first-order valence-electron chi connectivity index (χ1n) is 7.14. The van der Waals surface area contributed by atoms with Gasteiger partial charge in [0.05, 0.1) is 0 Å². The number of carbonyl (C=O) groups excluding carboxylic acids is 1. The molecule has 0 aliphatic heterocycles. The van der Waals surface area contributed by atoms with Crippen molar-refractivity contribution in [2.45, 2.75) is 52.0 Å². The Labute approximate surface area is 116 Å². The highest BCUT2D eigenvalue weighted by atomic mass is 16.1. The lowest BCUT2D eigenvalue weighted by Gasteiger charge is -2.13. The predicted octanol–water partition coefficient (Wildman–Crippen LogP) is 2.60. The van der Waals surface area contributed by atoms with Crippen LogP contribution < -0.4 is 11.1 Å². The summed E-state index contributed by atoms with van der Waals surface area (Å²) in [5, 5.41) is 2.92. The van der Waals surface area contributed by atoms with E-state index in [0.29, 0.717) is 13.0 Å².